The number of fused-ring (bicyclic) bond motifs is 2. The number of aliphatic hydroxyl groups is 1. The van der Waals surface area contributed by atoms with Gasteiger partial charge in [0, 0.05) is 23.5 Å². The highest BCUT2D eigenvalue weighted by Crippen LogP contribution is 2.35. The van der Waals surface area contributed by atoms with Crippen molar-refractivity contribution in [3.8, 4) is 0 Å². The Labute approximate surface area is 106 Å². The van der Waals surface area contributed by atoms with Crippen LogP contribution in [-0.4, -0.2) is 39.7 Å². The largest absolute Gasteiger partial charge is 0.393 e. The molecule has 2 atom stereocenters. The molecule has 0 aliphatic carbocycles. The highest BCUT2D eigenvalue weighted by Gasteiger charge is 2.39. The molecular weight excluding hydrogens is 232 g/mol. The van der Waals surface area contributed by atoms with Crippen molar-refractivity contribution < 1.29 is 5.11 Å². The smallest absolute Gasteiger partial charge is 0.0797 e. The maximum atomic E-state index is 9.77. The van der Waals surface area contributed by atoms with Gasteiger partial charge in [0.1, 0.15) is 0 Å². The fourth-order valence-corrected chi connectivity index (χ4v) is 4.18. The highest BCUT2D eigenvalue weighted by molar-refractivity contribution is 7.09. The summed E-state index contributed by atoms with van der Waals surface area (Å²) in [7, 11) is 0. The predicted molar refractivity (Wildman–Crippen MR) is 69.3 cm³/mol. The van der Waals surface area contributed by atoms with Gasteiger partial charge in [0.25, 0.3) is 0 Å². The molecule has 1 aromatic rings. The van der Waals surface area contributed by atoms with Crippen LogP contribution in [0.3, 0.4) is 0 Å². The van der Waals surface area contributed by atoms with E-state index in [1.54, 1.807) is 11.3 Å². The molecule has 3 nitrogen and oxygen atoms in total. The first-order valence-corrected chi connectivity index (χ1v) is 7.45. The van der Waals surface area contributed by atoms with Crippen LogP contribution in [0.15, 0.2) is 5.51 Å². The minimum absolute atomic E-state index is 0.0473. The lowest BCUT2D eigenvalue weighted by atomic mass is 9.99. The molecule has 0 spiro atoms. The summed E-state index contributed by atoms with van der Waals surface area (Å²) in [6, 6.07) is 1.27. The molecule has 1 aromatic heterocycles. The molecule has 4 heteroatoms. The van der Waals surface area contributed by atoms with E-state index in [9.17, 15) is 5.11 Å². The molecule has 3 heterocycles. The van der Waals surface area contributed by atoms with Gasteiger partial charge < -0.3 is 5.11 Å². The molecule has 0 amide bonds. The van der Waals surface area contributed by atoms with Crippen molar-refractivity contribution >= 4 is 11.3 Å². The number of rotatable bonds is 3. The zero-order chi connectivity index (χ0) is 11.8. The summed E-state index contributed by atoms with van der Waals surface area (Å²) in [4.78, 5) is 8.36. The minimum Gasteiger partial charge on any atom is -0.393 e. The third-order valence-electron chi connectivity index (χ3n) is 4.30. The molecule has 0 saturated carbocycles. The van der Waals surface area contributed by atoms with Crippen molar-refractivity contribution in [1.29, 1.82) is 0 Å². The molecule has 0 radical (unpaired) electrons. The average molecular weight is 252 g/mol. The number of aromatic nitrogens is 1. The summed E-state index contributed by atoms with van der Waals surface area (Å²) in [6.45, 7) is 3.24. The van der Waals surface area contributed by atoms with Crippen LogP contribution in [0.1, 0.15) is 36.3 Å². The van der Waals surface area contributed by atoms with Crippen molar-refractivity contribution in [3.63, 3.8) is 0 Å². The van der Waals surface area contributed by atoms with Gasteiger partial charge in [-0.15, -0.1) is 11.3 Å². The topological polar surface area (TPSA) is 36.4 Å². The minimum atomic E-state index is -0.0473. The molecule has 17 heavy (non-hydrogen) atoms. The van der Waals surface area contributed by atoms with Crippen LogP contribution in [0, 0.1) is 6.92 Å². The standard InChI is InChI=1S/C13H20N2OS/c1-9-13(17-8-14-9)4-5-15-10-2-3-11(15)7-12(16)6-10/h8,10-12,16H,2-7H2,1H3. The number of piperidine rings is 1. The van der Waals surface area contributed by atoms with Gasteiger partial charge in [-0.25, -0.2) is 4.98 Å². The third kappa shape index (κ3) is 2.26. The van der Waals surface area contributed by atoms with E-state index in [-0.39, 0.29) is 6.10 Å². The number of hydrogen-bond donors (Lipinski definition) is 1. The van der Waals surface area contributed by atoms with Crippen LogP contribution < -0.4 is 0 Å². The second-order valence-electron chi connectivity index (χ2n) is 5.36. The second kappa shape index (κ2) is 4.67. The Kier molecular flexibility index (Phi) is 3.19. The maximum absolute atomic E-state index is 9.77. The number of aryl methyl sites for hydroxylation is 1. The highest BCUT2D eigenvalue weighted by atomic mass is 32.1. The number of hydrogen-bond acceptors (Lipinski definition) is 4. The van der Waals surface area contributed by atoms with Crippen molar-refractivity contribution in [1.82, 2.24) is 9.88 Å². The van der Waals surface area contributed by atoms with Gasteiger partial charge >= 0.3 is 0 Å². The molecule has 2 fully saturated rings. The van der Waals surface area contributed by atoms with E-state index >= 15 is 0 Å². The van der Waals surface area contributed by atoms with Gasteiger partial charge in [0.05, 0.1) is 17.3 Å². The fraction of sp³-hybridized carbons (Fsp3) is 0.769. The van der Waals surface area contributed by atoms with E-state index < -0.39 is 0 Å². The Balaban J connectivity index is 1.61. The van der Waals surface area contributed by atoms with Crippen molar-refractivity contribution in [2.24, 2.45) is 0 Å². The van der Waals surface area contributed by atoms with Crippen LogP contribution in [0.5, 0.6) is 0 Å². The summed E-state index contributed by atoms with van der Waals surface area (Å²) >= 11 is 1.77. The maximum Gasteiger partial charge on any atom is 0.0797 e. The molecular formula is C13H20N2OS. The summed E-state index contributed by atoms with van der Waals surface area (Å²) in [5.74, 6) is 0. The summed E-state index contributed by atoms with van der Waals surface area (Å²) in [5, 5.41) is 9.77. The Morgan fingerprint density at radius 1 is 1.41 bits per heavy atom. The molecule has 2 unspecified atom stereocenters. The molecule has 2 aliphatic rings. The third-order valence-corrected chi connectivity index (χ3v) is 5.30. The van der Waals surface area contributed by atoms with Crippen LogP contribution in [-0.2, 0) is 6.42 Å². The van der Waals surface area contributed by atoms with Crippen LogP contribution >= 0.6 is 11.3 Å². The van der Waals surface area contributed by atoms with Crippen molar-refractivity contribution in [3.05, 3.63) is 16.1 Å². The summed E-state index contributed by atoms with van der Waals surface area (Å²) < 4.78 is 0. The van der Waals surface area contributed by atoms with E-state index in [1.165, 1.54) is 23.4 Å². The Bertz CT molecular complexity index is 379. The molecule has 94 valence electrons. The first kappa shape index (κ1) is 11.6. The summed E-state index contributed by atoms with van der Waals surface area (Å²) in [6.07, 6.45) is 5.61. The monoisotopic (exact) mass is 252 g/mol. The van der Waals surface area contributed by atoms with Crippen molar-refractivity contribution in [2.75, 3.05) is 6.54 Å². The zero-order valence-corrected chi connectivity index (χ0v) is 11.1. The van der Waals surface area contributed by atoms with Gasteiger partial charge in [-0.05, 0) is 39.0 Å². The van der Waals surface area contributed by atoms with E-state index in [0.29, 0.717) is 12.1 Å². The van der Waals surface area contributed by atoms with E-state index in [4.69, 9.17) is 0 Å². The van der Waals surface area contributed by atoms with Gasteiger partial charge in [-0.3, -0.25) is 4.90 Å². The quantitative estimate of drug-likeness (QED) is 0.893. The Morgan fingerprint density at radius 2 is 2.12 bits per heavy atom. The molecule has 2 saturated heterocycles. The molecule has 3 rings (SSSR count). The van der Waals surface area contributed by atoms with Gasteiger partial charge in [0.15, 0.2) is 0 Å². The van der Waals surface area contributed by atoms with Crippen molar-refractivity contribution in [2.45, 2.75) is 57.2 Å². The normalized spacial score (nSPS) is 33.2. The van der Waals surface area contributed by atoms with Crippen LogP contribution in [0.2, 0.25) is 0 Å². The first-order valence-electron chi connectivity index (χ1n) is 6.57. The van der Waals surface area contributed by atoms with Gasteiger partial charge in [0.2, 0.25) is 0 Å². The zero-order valence-electron chi connectivity index (χ0n) is 10.3. The average Bonchev–Trinajstić information content (AvgIpc) is 2.79. The molecule has 1 N–H and O–H groups in total. The SMILES string of the molecule is Cc1ncsc1CCN1C2CCC1CC(O)C2. The van der Waals surface area contributed by atoms with E-state index in [2.05, 4.69) is 16.8 Å². The van der Waals surface area contributed by atoms with Crippen LogP contribution in [0.4, 0.5) is 0 Å². The summed E-state index contributed by atoms with van der Waals surface area (Å²) in [5.41, 5.74) is 3.14. The lowest BCUT2D eigenvalue weighted by Gasteiger charge is -2.37. The van der Waals surface area contributed by atoms with Gasteiger partial charge in [-0.1, -0.05) is 0 Å². The molecule has 2 aliphatic heterocycles. The molecule has 2 bridgehead atoms. The number of thiazole rings is 1. The second-order valence-corrected chi connectivity index (χ2v) is 6.30. The number of aliphatic hydroxyl groups excluding tert-OH is 1. The first-order chi connectivity index (χ1) is 8.24. The Morgan fingerprint density at radius 3 is 2.71 bits per heavy atom. The van der Waals surface area contributed by atoms with Crippen LogP contribution in [0.25, 0.3) is 0 Å². The predicted octanol–water partition coefficient (Wildman–Crippen LogP) is 1.98. The van der Waals surface area contributed by atoms with Gasteiger partial charge in [-0.2, -0.15) is 0 Å². The molecule has 0 aromatic carbocycles. The van der Waals surface area contributed by atoms with E-state index in [0.717, 1.165) is 25.8 Å². The Hall–Kier alpha value is -0.450. The lowest BCUT2D eigenvalue weighted by Crippen LogP contribution is -2.45. The fourth-order valence-electron chi connectivity index (χ4n) is 3.41. The number of nitrogens with zero attached hydrogens (tertiary/aromatic N) is 2. The van der Waals surface area contributed by atoms with E-state index in [1.807, 2.05) is 5.51 Å². The lowest BCUT2D eigenvalue weighted by molar-refractivity contribution is 0.0363.